The molecule has 0 fully saturated rings. The molecule has 7 heteroatoms. The molecule has 0 unspecified atom stereocenters. The van der Waals surface area contributed by atoms with Crippen LogP contribution in [0.25, 0.3) is 0 Å². The number of carbonyl (C=O) groups excluding carboxylic acids is 2. The number of hydrogen-bond donors (Lipinski definition) is 1. The Hall–Kier alpha value is -2.67. The van der Waals surface area contributed by atoms with Gasteiger partial charge in [-0.15, -0.1) is 11.3 Å². The van der Waals surface area contributed by atoms with E-state index in [4.69, 9.17) is 16.3 Å². The fraction of sp³-hybridized carbons (Fsp3) is 0.250. The van der Waals surface area contributed by atoms with Crippen molar-refractivity contribution in [3.8, 4) is 0 Å². The first kappa shape index (κ1) is 21.6. The van der Waals surface area contributed by atoms with Crippen molar-refractivity contribution < 1.29 is 14.3 Å². The Bertz CT molecular complexity index is 1080. The maximum Gasteiger partial charge on any atom is 0.341 e. The molecule has 0 saturated heterocycles. The standard InChI is InChI=1S/C24H23ClN2O3S/c1-2-30-24(29)21-19-12-13-27(14-16-6-4-3-5-7-16)15-20(19)31-23(21)26-22(28)17-8-10-18(25)11-9-17/h3-11H,2,12-15H2,1H3,(H,26,28). The fourth-order valence-corrected chi connectivity index (χ4v) is 5.12. The maximum atomic E-state index is 12.8. The minimum Gasteiger partial charge on any atom is -0.462 e. The molecule has 5 nitrogen and oxygen atoms in total. The molecule has 31 heavy (non-hydrogen) atoms. The van der Waals surface area contributed by atoms with Crippen LogP contribution < -0.4 is 5.32 Å². The lowest BCUT2D eigenvalue weighted by Crippen LogP contribution is -2.29. The Morgan fingerprint density at radius 2 is 1.87 bits per heavy atom. The number of amides is 1. The SMILES string of the molecule is CCOC(=O)c1c(NC(=O)c2ccc(Cl)cc2)sc2c1CCN(Cc1ccccc1)C2. The maximum absolute atomic E-state index is 12.8. The van der Waals surface area contributed by atoms with Crippen molar-refractivity contribution >= 4 is 39.8 Å². The molecule has 0 radical (unpaired) electrons. The van der Waals surface area contributed by atoms with Crippen LogP contribution >= 0.6 is 22.9 Å². The van der Waals surface area contributed by atoms with Crippen molar-refractivity contribution in [2.24, 2.45) is 0 Å². The van der Waals surface area contributed by atoms with Gasteiger partial charge in [0.2, 0.25) is 0 Å². The summed E-state index contributed by atoms with van der Waals surface area (Å²) in [6, 6.07) is 17.0. The molecule has 0 saturated carbocycles. The number of thiophene rings is 1. The number of ether oxygens (including phenoxy) is 1. The molecule has 1 aromatic heterocycles. The van der Waals surface area contributed by atoms with Gasteiger partial charge in [-0.05, 0) is 48.7 Å². The first-order chi connectivity index (χ1) is 15.0. The van der Waals surface area contributed by atoms with Gasteiger partial charge in [-0.2, -0.15) is 0 Å². The molecular weight excluding hydrogens is 432 g/mol. The van der Waals surface area contributed by atoms with Crippen molar-refractivity contribution in [1.82, 2.24) is 4.90 Å². The molecule has 1 N–H and O–H groups in total. The Kier molecular flexibility index (Phi) is 6.70. The van der Waals surface area contributed by atoms with Crippen molar-refractivity contribution in [3.63, 3.8) is 0 Å². The van der Waals surface area contributed by atoms with Gasteiger partial charge in [0, 0.05) is 35.1 Å². The van der Waals surface area contributed by atoms with Crippen molar-refractivity contribution in [1.29, 1.82) is 0 Å². The number of nitrogens with one attached hydrogen (secondary N) is 1. The van der Waals surface area contributed by atoms with Gasteiger partial charge in [-0.1, -0.05) is 41.9 Å². The molecule has 0 spiro atoms. The largest absolute Gasteiger partial charge is 0.462 e. The molecule has 0 atom stereocenters. The van der Waals surface area contributed by atoms with Crippen molar-refractivity contribution in [2.75, 3.05) is 18.5 Å². The summed E-state index contributed by atoms with van der Waals surface area (Å²) in [6.45, 7) is 4.49. The van der Waals surface area contributed by atoms with E-state index in [-0.39, 0.29) is 18.5 Å². The van der Waals surface area contributed by atoms with Gasteiger partial charge < -0.3 is 10.1 Å². The molecule has 1 aliphatic rings. The molecule has 4 rings (SSSR count). The lowest BCUT2D eigenvalue weighted by molar-refractivity contribution is 0.0526. The predicted molar refractivity (Wildman–Crippen MR) is 124 cm³/mol. The molecule has 1 amide bonds. The summed E-state index contributed by atoms with van der Waals surface area (Å²) in [7, 11) is 0. The summed E-state index contributed by atoms with van der Waals surface area (Å²) in [6.07, 6.45) is 0.740. The Labute approximate surface area is 190 Å². The average molecular weight is 455 g/mol. The third-order valence-corrected chi connectivity index (χ3v) is 6.58. The summed E-state index contributed by atoms with van der Waals surface area (Å²) in [5, 5.41) is 4.03. The number of carbonyl (C=O) groups is 2. The third-order valence-electron chi connectivity index (χ3n) is 5.20. The fourth-order valence-electron chi connectivity index (χ4n) is 3.72. The Morgan fingerprint density at radius 3 is 2.58 bits per heavy atom. The predicted octanol–water partition coefficient (Wildman–Crippen LogP) is 5.39. The van der Waals surface area contributed by atoms with Gasteiger partial charge in [0.25, 0.3) is 5.91 Å². The summed E-state index contributed by atoms with van der Waals surface area (Å²) >= 11 is 7.38. The number of anilines is 1. The molecule has 0 aliphatic carbocycles. The monoisotopic (exact) mass is 454 g/mol. The summed E-state index contributed by atoms with van der Waals surface area (Å²) in [5.41, 5.74) is 3.21. The van der Waals surface area contributed by atoms with Gasteiger partial charge in [-0.25, -0.2) is 4.79 Å². The molecule has 2 aromatic carbocycles. The van der Waals surface area contributed by atoms with Crippen LogP contribution in [-0.4, -0.2) is 29.9 Å². The summed E-state index contributed by atoms with van der Waals surface area (Å²) in [4.78, 5) is 29.0. The van der Waals surface area contributed by atoms with E-state index >= 15 is 0 Å². The van der Waals surface area contributed by atoms with E-state index in [0.717, 1.165) is 36.5 Å². The number of rotatable bonds is 6. The highest BCUT2D eigenvalue weighted by molar-refractivity contribution is 7.17. The third kappa shape index (κ3) is 4.98. The zero-order valence-electron chi connectivity index (χ0n) is 17.2. The van der Waals surface area contributed by atoms with Crippen molar-refractivity contribution in [2.45, 2.75) is 26.4 Å². The minimum absolute atomic E-state index is 0.276. The van der Waals surface area contributed by atoms with E-state index in [1.54, 1.807) is 31.2 Å². The molecule has 0 bridgehead atoms. The smallest absolute Gasteiger partial charge is 0.341 e. The molecule has 3 aromatic rings. The zero-order chi connectivity index (χ0) is 21.8. The highest BCUT2D eigenvalue weighted by atomic mass is 35.5. The van der Waals surface area contributed by atoms with Crippen molar-refractivity contribution in [3.05, 3.63) is 86.8 Å². The van der Waals surface area contributed by atoms with Gasteiger partial charge in [-0.3, -0.25) is 9.69 Å². The number of nitrogens with zero attached hydrogens (tertiary/aromatic N) is 1. The van der Waals surface area contributed by atoms with Gasteiger partial charge in [0.15, 0.2) is 0 Å². The highest BCUT2D eigenvalue weighted by Crippen LogP contribution is 2.38. The second-order valence-electron chi connectivity index (χ2n) is 7.34. The van der Waals surface area contributed by atoms with Gasteiger partial charge in [0.05, 0.1) is 12.2 Å². The molecular formula is C24H23ClN2O3S. The normalized spacial score (nSPS) is 13.5. The van der Waals surface area contributed by atoms with E-state index in [2.05, 4.69) is 22.3 Å². The zero-order valence-corrected chi connectivity index (χ0v) is 18.8. The average Bonchev–Trinajstić information content (AvgIpc) is 3.12. The highest BCUT2D eigenvalue weighted by Gasteiger charge is 2.29. The topological polar surface area (TPSA) is 58.6 Å². The van der Waals surface area contributed by atoms with Crippen LogP contribution in [0.2, 0.25) is 5.02 Å². The van der Waals surface area contributed by atoms with Crippen LogP contribution in [0.3, 0.4) is 0 Å². The van der Waals surface area contributed by atoms with Gasteiger partial charge >= 0.3 is 5.97 Å². The van der Waals surface area contributed by atoms with E-state index in [9.17, 15) is 9.59 Å². The molecule has 2 heterocycles. The van der Waals surface area contributed by atoms with Crippen LogP contribution in [0.1, 0.15) is 43.6 Å². The Balaban J connectivity index is 1.59. The Morgan fingerprint density at radius 1 is 1.13 bits per heavy atom. The summed E-state index contributed by atoms with van der Waals surface area (Å²) in [5.74, 6) is -0.662. The second kappa shape index (κ2) is 9.64. The number of fused-ring (bicyclic) bond motifs is 1. The first-order valence-electron chi connectivity index (χ1n) is 10.2. The van der Waals surface area contributed by atoms with Crippen LogP contribution in [0, 0.1) is 0 Å². The molecule has 1 aliphatic heterocycles. The van der Waals surface area contributed by atoms with Crippen LogP contribution in [0.4, 0.5) is 5.00 Å². The van der Waals surface area contributed by atoms with Crippen LogP contribution in [-0.2, 0) is 24.2 Å². The van der Waals surface area contributed by atoms with Crippen LogP contribution in [0.5, 0.6) is 0 Å². The number of halogens is 1. The number of esters is 1. The molecule has 160 valence electrons. The van der Waals surface area contributed by atoms with Gasteiger partial charge in [0.1, 0.15) is 5.00 Å². The van der Waals surface area contributed by atoms with E-state index in [1.807, 2.05) is 18.2 Å². The summed E-state index contributed by atoms with van der Waals surface area (Å²) < 4.78 is 5.30. The van der Waals surface area contributed by atoms with Crippen LogP contribution in [0.15, 0.2) is 54.6 Å². The lowest BCUT2D eigenvalue weighted by atomic mass is 10.0. The number of hydrogen-bond acceptors (Lipinski definition) is 5. The van der Waals surface area contributed by atoms with E-state index < -0.39 is 0 Å². The number of benzene rings is 2. The second-order valence-corrected chi connectivity index (χ2v) is 8.88. The van der Waals surface area contributed by atoms with E-state index in [0.29, 0.717) is 21.2 Å². The quantitative estimate of drug-likeness (QED) is 0.507. The lowest BCUT2D eigenvalue weighted by Gasteiger charge is -2.27. The first-order valence-corrected chi connectivity index (χ1v) is 11.4. The minimum atomic E-state index is -0.386. The van der Waals surface area contributed by atoms with E-state index in [1.165, 1.54) is 16.9 Å².